The lowest BCUT2D eigenvalue weighted by Gasteiger charge is -2.51. The maximum absolute atomic E-state index is 12.1. The molecule has 1 aliphatic carbocycles. The average Bonchev–Trinajstić information content (AvgIpc) is 2.45. The lowest BCUT2D eigenvalue weighted by molar-refractivity contribution is -0.0507. The highest BCUT2D eigenvalue weighted by Gasteiger charge is 2.47. The number of carbonyl (C=O) groups is 1. The van der Waals surface area contributed by atoms with Gasteiger partial charge in [0.05, 0.1) is 0 Å². The molecule has 1 aromatic rings. The molecule has 1 unspecified atom stereocenters. The second-order valence-electron chi connectivity index (χ2n) is 5.67. The summed E-state index contributed by atoms with van der Waals surface area (Å²) in [6.45, 7) is 1.63. The highest BCUT2D eigenvalue weighted by atomic mass is 35.5. The molecule has 2 N–H and O–H groups in total. The first-order valence-electron chi connectivity index (χ1n) is 7.09. The summed E-state index contributed by atoms with van der Waals surface area (Å²) in [5, 5.41) is 6.55. The largest absolute Gasteiger partial charge is 0.381 e. The Morgan fingerprint density at radius 1 is 1.30 bits per heavy atom. The molecule has 0 bridgehead atoms. The fourth-order valence-corrected chi connectivity index (χ4v) is 3.38. The molecule has 0 radical (unpaired) electrons. The maximum atomic E-state index is 12.1. The van der Waals surface area contributed by atoms with E-state index in [1.54, 1.807) is 12.1 Å². The highest BCUT2D eigenvalue weighted by Crippen LogP contribution is 2.48. The van der Waals surface area contributed by atoms with Crippen LogP contribution >= 0.6 is 11.6 Å². The van der Waals surface area contributed by atoms with Crippen LogP contribution in [0.4, 0.5) is 10.5 Å². The van der Waals surface area contributed by atoms with Crippen LogP contribution in [0.3, 0.4) is 0 Å². The fourth-order valence-electron chi connectivity index (χ4n) is 3.19. The van der Waals surface area contributed by atoms with Gasteiger partial charge in [0.15, 0.2) is 0 Å². The number of urea groups is 1. The van der Waals surface area contributed by atoms with Gasteiger partial charge in [-0.15, -0.1) is 0 Å². The van der Waals surface area contributed by atoms with Gasteiger partial charge < -0.3 is 15.4 Å². The van der Waals surface area contributed by atoms with Gasteiger partial charge in [0, 0.05) is 30.0 Å². The van der Waals surface area contributed by atoms with Crippen molar-refractivity contribution in [3.8, 4) is 0 Å². The molecular weight excluding hydrogens is 276 g/mol. The number of rotatable bonds is 2. The van der Waals surface area contributed by atoms with E-state index in [9.17, 15) is 4.79 Å². The topological polar surface area (TPSA) is 50.4 Å². The zero-order valence-electron chi connectivity index (χ0n) is 11.3. The first-order chi connectivity index (χ1) is 9.68. The van der Waals surface area contributed by atoms with Crippen LogP contribution in [0.5, 0.6) is 0 Å². The van der Waals surface area contributed by atoms with Crippen molar-refractivity contribution in [2.75, 3.05) is 18.5 Å². The van der Waals surface area contributed by atoms with Crippen LogP contribution in [-0.4, -0.2) is 25.3 Å². The summed E-state index contributed by atoms with van der Waals surface area (Å²) < 4.78 is 5.42. The Hall–Kier alpha value is -1.26. The van der Waals surface area contributed by atoms with Crippen molar-refractivity contribution in [3.05, 3.63) is 29.3 Å². The number of anilines is 1. The number of nitrogens with one attached hydrogen (secondary N) is 2. The third-order valence-electron chi connectivity index (χ3n) is 4.55. The smallest absolute Gasteiger partial charge is 0.319 e. The Bertz CT molecular complexity index is 500. The van der Waals surface area contributed by atoms with Crippen molar-refractivity contribution in [2.24, 2.45) is 5.41 Å². The molecule has 2 fully saturated rings. The van der Waals surface area contributed by atoms with Crippen LogP contribution in [0.25, 0.3) is 0 Å². The Morgan fingerprint density at radius 2 is 2.10 bits per heavy atom. The molecule has 20 heavy (non-hydrogen) atoms. The number of ether oxygens (including phenoxy) is 1. The quantitative estimate of drug-likeness (QED) is 0.878. The molecule has 1 saturated heterocycles. The highest BCUT2D eigenvalue weighted by molar-refractivity contribution is 6.30. The van der Waals surface area contributed by atoms with Gasteiger partial charge in [-0.1, -0.05) is 17.7 Å². The molecule has 0 aromatic heterocycles. The predicted octanol–water partition coefficient (Wildman–Crippen LogP) is 3.42. The van der Waals surface area contributed by atoms with E-state index >= 15 is 0 Å². The number of benzene rings is 1. The van der Waals surface area contributed by atoms with Gasteiger partial charge in [-0.25, -0.2) is 4.79 Å². The predicted molar refractivity (Wildman–Crippen MR) is 79.1 cm³/mol. The molecule has 108 valence electrons. The minimum atomic E-state index is -0.150. The van der Waals surface area contributed by atoms with Crippen LogP contribution < -0.4 is 10.6 Å². The Morgan fingerprint density at radius 3 is 2.75 bits per heavy atom. The normalized spacial score (nSPS) is 23.9. The second kappa shape index (κ2) is 5.62. The number of hydrogen-bond acceptors (Lipinski definition) is 2. The monoisotopic (exact) mass is 294 g/mol. The number of hydrogen-bond donors (Lipinski definition) is 2. The third-order valence-corrected chi connectivity index (χ3v) is 4.78. The minimum Gasteiger partial charge on any atom is -0.381 e. The Labute approximate surface area is 123 Å². The van der Waals surface area contributed by atoms with E-state index in [4.69, 9.17) is 16.3 Å². The van der Waals surface area contributed by atoms with Crippen molar-refractivity contribution in [2.45, 2.75) is 31.7 Å². The Kier molecular flexibility index (Phi) is 3.85. The van der Waals surface area contributed by atoms with Crippen molar-refractivity contribution < 1.29 is 9.53 Å². The third kappa shape index (κ3) is 2.76. The standard InChI is InChI=1S/C15H19ClN2O2/c16-11-2-1-3-12(10-11)17-14(19)18-13-4-5-15(13)6-8-20-9-7-15/h1-3,10,13H,4-9H2,(H2,17,18,19). The molecule has 1 aliphatic heterocycles. The molecule has 2 amide bonds. The summed E-state index contributed by atoms with van der Waals surface area (Å²) in [7, 11) is 0. The molecular formula is C15H19ClN2O2. The molecule has 3 rings (SSSR count). The van der Waals surface area contributed by atoms with E-state index in [1.165, 1.54) is 6.42 Å². The fraction of sp³-hybridized carbons (Fsp3) is 0.533. The number of amides is 2. The summed E-state index contributed by atoms with van der Waals surface area (Å²) in [6.07, 6.45) is 4.35. The van der Waals surface area contributed by atoms with E-state index < -0.39 is 0 Å². The van der Waals surface area contributed by atoms with Crippen LogP contribution in [0.1, 0.15) is 25.7 Å². The van der Waals surface area contributed by atoms with E-state index in [0.717, 1.165) is 38.2 Å². The van der Waals surface area contributed by atoms with Gasteiger partial charge >= 0.3 is 6.03 Å². The minimum absolute atomic E-state index is 0.150. The number of halogens is 1. The van der Waals surface area contributed by atoms with Gasteiger partial charge in [-0.05, 0) is 49.3 Å². The molecule has 1 spiro atoms. The van der Waals surface area contributed by atoms with Crippen LogP contribution in [-0.2, 0) is 4.74 Å². The number of carbonyl (C=O) groups excluding carboxylic acids is 1. The van der Waals surface area contributed by atoms with Gasteiger partial charge in [0.25, 0.3) is 0 Å². The van der Waals surface area contributed by atoms with E-state index in [2.05, 4.69) is 10.6 Å². The van der Waals surface area contributed by atoms with Crippen LogP contribution in [0.2, 0.25) is 5.02 Å². The maximum Gasteiger partial charge on any atom is 0.319 e. The summed E-state index contributed by atoms with van der Waals surface area (Å²) in [6, 6.07) is 7.30. The van der Waals surface area contributed by atoms with Gasteiger partial charge in [0.1, 0.15) is 0 Å². The van der Waals surface area contributed by atoms with Crippen LogP contribution in [0, 0.1) is 5.41 Å². The summed E-state index contributed by atoms with van der Waals surface area (Å²) >= 11 is 5.90. The lowest BCUT2D eigenvalue weighted by Crippen LogP contribution is -2.57. The molecule has 2 aliphatic rings. The molecule has 1 atom stereocenters. The first-order valence-corrected chi connectivity index (χ1v) is 7.47. The van der Waals surface area contributed by atoms with Crippen molar-refractivity contribution >= 4 is 23.3 Å². The van der Waals surface area contributed by atoms with Crippen molar-refractivity contribution in [1.29, 1.82) is 0 Å². The van der Waals surface area contributed by atoms with Crippen LogP contribution in [0.15, 0.2) is 24.3 Å². The van der Waals surface area contributed by atoms with Gasteiger partial charge in [-0.3, -0.25) is 0 Å². The van der Waals surface area contributed by atoms with E-state index in [1.807, 2.05) is 12.1 Å². The van der Waals surface area contributed by atoms with Gasteiger partial charge in [-0.2, -0.15) is 0 Å². The molecule has 1 heterocycles. The zero-order valence-corrected chi connectivity index (χ0v) is 12.1. The van der Waals surface area contributed by atoms with Crippen molar-refractivity contribution in [3.63, 3.8) is 0 Å². The zero-order chi connectivity index (χ0) is 14.0. The Balaban J connectivity index is 1.56. The SMILES string of the molecule is O=C(Nc1cccc(Cl)c1)NC1CCC12CCOCC2. The van der Waals surface area contributed by atoms with E-state index in [0.29, 0.717) is 5.02 Å². The van der Waals surface area contributed by atoms with Gasteiger partial charge in [0.2, 0.25) is 0 Å². The summed E-state index contributed by atoms with van der Waals surface area (Å²) in [4.78, 5) is 12.1. The molecule has 1 saturated carbocycles. The van der Waals surface area contributed by atoms with Crippen molar-refractivity contribution in [1.82, 2.24) is 5.32 Å². The molecule has 5 heteroatoms. The molecule has 1 aromatic carbocycles. The average molecular weight is 295 g/mol. The summed E-state index contributed by atoms with van der Waals surface area (Å²) in [5.74, 6) is 0. The van der Waals surface area contributed by atoms with E-state index in [-0.39, 0.29) is 17.5 Å². The summed E-state index contributed by atoms with van der Waals surface area (Å²) in [5.41, 5.74) is 0.986. The lowest BCUT2D eigenvalue weighted by atomic mass is 9.60. The molecule has 4 nitrogen and oxygen atoms in total. The second-order valence-corrected chi connectivity index (χ2v) is 6.11. The first kappa shape index (κ1) is 13.7.